The molecule has 2 aliphatic rings. The highest BCUT2D eigenvalue weighted by atomic mass is 32.2. The molecule has 1 aliphatic heterocycles. The molecule has 2 fully saturated rings. The monoisotopic (exact) mass is 586 g/mol. The Balaban J connectivity index is 1.44. The van der Waals surface area contributed by atoms with E-state index in [9.17, 15) is 14.4 Å². The summed E-state index contributed by atoms with van der Waals surface area (Å²) in [5.74, 6) is 0.0155. The number of thioether (sulfide) groups is 1. The first kappa shape index (κ1) is 27.2. The number of para-hydroxylation sites is 1. The molecular weight excluding hydrogens is 557 g/mol. The van der Waals surface area contributed by atoms with Gasteiger partial charge in [0.05, 0.1) is 21.8 Å². The van der Waals surface area contributed by atoms with E-state index in [1.54, 1.807) is 30.9 Å². The van der Waals surface area contributed by atoms with Crippen molar-refractivity contribution in [1.82, 2.24) is 18.7 Å². The Morgan fingerprint density at radius 3 is 2.46 bits per heavy atom. The number of aromatic nitrogens is 4. The van der Waals surface area contributed by atoms with E-state index in [0.717, 1.165) is 43.0 Å². The van der Waals surface area contributed by atoms with Crippen LogP contribution in [0.3, 0.4) is 0 Å². The summed E-state index contributed by atoms with van der Waals surface area (Å²) in [7, 11) is 1.77. The van der Waals surface area contributed by atoms with Crippen LogP contribution in [0.2, 0.25) is 0 Å². The maximum Gasteiger partial charge on any atom is 0.296 e. The van der Waals surface area contributed by atoms with Crippen molar-refractivity contribution in [2.45, 2.75) is 52.0 Å². The number of thiocarbonyl (C=S) groups is 1. The lowest BCUT2D eigenvalue weighted by Gasteiger charge is -2.24. The molecule has 6 rings (SSSR count). The average molecular weight is 587 g/mol. The Kier molecular flexibility index (Phi) is 7.16. The molecule has 11 heteroatoms. The summed E-state index contributed by atoms with van der Waals surface area (Å²) in [6, 6.07) is 13.2. The number of carbonyl (C=O) groups is 1. The van der Waals surface area contributed by atoms with Gasteiger partial charge in [0.15, 0.2) is 4.32 Å². The standard InChI is InChI=1S/C30H30N6O3S2/c1-18-14-15-24-32-26(31-20-10-6-4-7-11-20)22(27(37)34(24)17-18)16-23-28(38)35(30(40)41-23)25-19(2)33(3)36(29(25)39)21-12-8-5-9-13-21/h5,8-9,12-17,20,31H,4,6-7,10-11H2,1-3H3. The van der Waals surface area contributed by atoms with Gasteiger partial charge in [0.2, 0.25) is 0 Å². The van der Waals surface area contributed by atoms with Crippen molar-refractivity contribution in [2.24, 2.45) is 7.05 Å². The molecule has 1 saturated carbocycles. The topological polar surface area (TPSA) is 93.6 Å². The zero-order valence-electron chi connectivity index (χ0n) is 23.1. The van der Waals surface area contributed by atoms with Crippen LogP contribution in [0.5, 0.6) is 0 Å². The van der Waals surface area contributed by atoms with E-state index >= 15 is 0 Å². The second-order valence-electron chi connectivity index (χ2n) is 10.5. The van der Waals surface area contributed by atoms with Crippen LogP contribution in [0.25, 0.3) is 17.4 Å². The predicted octanol–water partition coefficient (Wildman–Crippen LogP) is 4.95. The third-order valence-corrected chi connectivity index (χ3v) is 9.07. The molecule has 9 nitrogen and oxygen atoms in total. The molecule has 1 amide bonds. The number of carbonyl (C=O) groups excluding carboxylic acids is 1. The van der Waals surface area contributed by atoms with Gasteiger partial charge in [0, 0.05) is 19.3 Å². The fourth-order valence-corrected chi connectivity index (χ4v) is 6.79. The fourth-order valence-electron chi connectivity index (χ4n) is 5.54. The number of amides is 1. The second-order valence-corrected chi connectivity index (χ2v) is 12.2. The highest BCUT2D eigenvalue weighted by Gasteiger charge is 2.38. The van der Waals surface area contributed by atoms with Crippen LogP contribution in [0.15, 0.2) is 63.2 Å². The number of pyridine rings is 1. The van der Waals surface area contributed by atoms with E-state index in [-0.39, 0.29) is 32.1 Å². The number of nitrogens with zero attached hydrogens (tertiary/aromatic N) is 5. The molecule has 0 bridgehead atoms. The van der Waals surface area contributed by atoms with E-state index < -0.39 is 5.91 Å². The second kappa shape index (κ2) is 10.8. The van der Waals surface area contributed by atoms with E-state index in [1.165, 1.54) is 20.4 Å². The lowest BCUT2D eigenvalue weighted by molar-refractivity contribution is -0.113. The van der Waals surface area contributed by atoms with Crippen LogP contribution in [-0.4, -0.2) is 35.0 Å². The minimum atomic E-state index is -0.441. The Bertz CT molecular complexity index is 1850. The lowest BCUT2D eigenvalue weighted by atomic mass is 9.95. The van der Waals surface area contributed by atoms with Gasteiger partial charge in [-0.3, -0.25) is 28.4 Å². The van der Waals surface area contributed by atoms with Gasteiger partial charge in [0.25, 0.3) is 17.0 Å². The molecule has 4 aromatic rings. The largest absolute Gasteiger partial charge is 0.367 e. The lowest BCUT2D eigenvalue weighted by Crippen LogP contribution is -2.33. The van der Waals surface area contributed by atoms with Crippen LogP contribution in [0, 0.1) is 13.8 Å². The minimum Gasteiger partial charge on any atom is -0.367 e. The Morgan fingerprint density at radius 1 is 1.00 bits per heavy atom. The van der Waals surface area contributed by atoms with Crippen molar-refractivity contribution < 1.29 is 4.79 Å². The smallest absolute Gasteiger partial charge is 0.296 e. The highest BCUT2D eigenvalue weighted by Crippen LogP contribution is 2.37. The van der Waals surface area contributed by atoms with Gasteiger partial charge >= 0.3 is 0 Å². The Morgan fingerprint density at radius 2 is 1.73 bits per heavy atom. The molecule has 1 N–H and O–H groups in total. The van der Waals surface area contributed by atoms with Gasteiger partial charge in [-0.15, -0.1) is 0 Å². The Hall–Kier alpha value is -3.96. The van der Waals surface area contributed by atoms with Crippen molar-refractivity contribution >= 4 is 57.4 Å². The zero-order chi connectivity index (χ0) is 28.8. The molecule has 3 aromatic heterocycles. The van der Waals surface area contributed by atoms with E-state index in [0.29, 0.717) is 28.4 Å². The number of aryl methyl sites for hydroxylation is 1. The van der Waals surface area contributed by atoms with Crippen molar-refractivity contribution in [3.63, 3.8) is 0 Å². The van der Waals surface area contributed by atoms with Gasteiger partial charge in [-0.1, -0.05) is 67.5 Å². The van der Waals surface area contributed by atoms with Crippen molar-refractivity contribution in [3.05, 3.63) is 91.1 Å². The molecule has 41 heavy (non-hydrogen) atoms. The Labute approximate surface area is 246 Å². The van der Waals surface area contributed by atoms with Crippen molar-refractivity contribution in [2.75, 3.05) is 10.2 Å². The van der Waals surface area contributed by atoms with E-state index in [4.69, 9.17) is 17.2 Å². The first-order valence-corrected chi connectivity index (χ1v) is 14.9. The number of anilines is 2. The molecule has 210 valence electrons. The fraction of sp³-hybridized carbons (Fsp3) is 0.300. The first-order valence-electron chi connectivity index (χ1n) is 13.7. The van der Waals surface area contributed by atoms with Crippen LogP contribution in [0.1, 0.15) is 48.9 Å². The molecule has 1 saturated heterocycles. The highest BCUT2D eigenvalue weighted by molar-refractivity contribution is 8.27. The number of hydrogen-bond donors (Lipinski definition) is 1. The van der Waals surface area contributed by atoms with Gasteiger partial charge in [-0.05, 0) is 56.5 Å². The summed E-state index contributed by atoms with van der Waals surface area (Å²) in [6.07, 6.45) is 8.75. The molecular formula is C30H30N6O3S2. The van der Waals surface area contributed by atoms with E-state index in [2.05, 4.69) is 5.32 Å². The number of nitrogens with one attached hydrogen (secondary N) is 1. The summed E-state index contributed by atoms with van der Waals surface area (Å²) in [5, 5.41) is 3.49. The molecule has 1 aliphatic carbocycles. The summed E-state index contributed by atoms with van der Waals surface area (Å²) in [6.45, 7) is 3.70. The normalized spacial score (nSPS) is 17.2. The van der Waals surface area contributed by atoms with Crippen LogP contribution in [0.4, 0.5) is 11.5 Å². The number of hydrogen-bond acceptors (Lipinski definition) is 7. The van der Waals surface area contributed by atoms with Crippen molar-refractivity contribution in [3.8, 4) is 5.69 Å². The summed E-state index contributed by atoms with van der Waals surface area (Å²) in [4.78, 5) is 47.6. The molecule has 0 atom stereocenters. The molecule has 0 unspecified atom stereocenters. The van der Waals surface area contributed by atoms with Crippen LogP contribution >= 0.6 is 24.0 Å². The number of rotatable bonds is 5. The summed E-state index contributed by atoms with van der Waals surface area (Å²) >= 11 is 6.71. The quantitative estimate of drug-likeness (QED) is 0.261. The van der Waals surface area contributed by atoms with Crippen LogP contribution < -0.4 is 21.3 Å². The first-order chi connectivity index (χ1) is 19.7. The van der Waals surface area contributed by atoms with Crippen LogP contribution in [-0.2, 0) is 11.8 Å². The average Bonchev–Trinajstić information content (AvgIpc) is 3.36. The SMILES string of the molecule is Cc1ccc2nc(NC3CCCCC3)c(C=C3SC(=S)N(c4c(C)n(C)n(-c5ccccc5)c4=O)C3=O)c(=O)n2c1. The van der Waals surface area contributed by atoms with E-state index in [1.807, 2.05) is 49.4 Å². The van der Waals surface area contributed by atoms with Gasteiger partial charge in [0.1, 0.15) is 17.2 Å². The summed E-state index contributed by atoms with van der Waals surface area (Å²) in [5.41, 5.74) is 2.60. The zero-order valence-corrected chi connectivity index (χ0v) is 24.7. The van der Waals surface area contributed by atoms with Gasteiger partial charge in [-0.2, -0.15) is 0 Å². The number of benzene rings is 1. The maximum absolute atomic E-state index is 13.9. The molecule has 1 aromatic carbocycles. The third kappa shape index (κ3) is 4.82. The van der Waals surface area contributed by atoms with Crippen molar-refractivity contribution in [1.29, 1.82) is 0 Å². The minimum absolute atomic E-state index is 0.201. The van der Waals surface area contributed by atoms with Gasteiger partial charge < -0.3 is 5.32 Å². The number of fused-ring (bicyclic) bond motifs is 1. The molecule has 0 spiro atoms. The molecule has 4 heterocycles. The third-order valence-electron chi connectivity index (χ3n) is 7.77. The summed E-state index contributed by atoms with van der Waals surface area (Å²) < 4.78 is 4.97. The predicted molar refractivity (Wildman–Crippen MR) is 168 cm³/mol. The van der Waals surface area contributed by atoms with Gasteiger partial charge in [-0.25, -0.2) is 9.67 Å². The molecule has 0 radical (unpaired) electrons. The maximum atomic E-state index is 13.9.